The molecule has 0 rings (SSSR count). The Morgan fingerprint density at radius 1 is 1.38 bits per heavy atom. The van der Waals surface area contributed by atoms with Crippen LogP contribution in [0, 0.1) is 6.42 Å². The minimum atomic E-state index is 1.14. The van der Waals surface area contributed by atoms with E-state index in [1.165, 1.54) is 6.42 Å². The van der Waals surface area contributed by atoms with Crippen LogP contribution in [0.5, 0.6) is 0 Å². The van der Waals surface area contributed by atoms with Crippen LogP contribution in [-0.4, -0.2) is 0 Å². The summed E-state index contributed by atoms with van der Waals surface area (Å²) in [6.45, 7) is 5.63. The second-order valence-electron chi connectivity index (χ2n) is 1.65. The van der Waals surface area contributed by atoms with Crippen LogP contribution in [0.25, 0.3) is 0 Å². The van der Waals surface area contributed by atoms with Gasteiger partial charge in [0, 0.05) is 0 Å². The molecule has 0 nitrogen and oxygen atoms in total. The lowest BCUT2D eigenvalue weighted by Gasteiger charge is -1.83. The molecule has 0 bridgehead atoms. The van der Waals surface area contributed by atoms with Crippen molar-refractivity contribution in [1.82, 2.24) is 0 Å². The third-order valence-electron chi connectivity index (χ3n) is 0.894. The zero-order chi connectivity index (χ0) is 6.24. The van der Waals surface area contributed by atoms with Crippen LogP contribution >= 0.6 is 0 Å². The largest absolute Gasteiger partial charge is 0.0991 e. The molecular weight excluding hydrogens is 96.1 g/mol. The van der Waals surface area contributed by atoms with E-state index in [-0.39, 0.29) is 0 Å². The highest BCUT2D eigenvalue weighted by molar-refractivity contribution is 4.97. The second-order valence-corrected chi connectivity index (χ2v) is 1.65. The first-order valence-electron chi connectivity index (χ1n) is 2.97. The predicted octanol–water partition coefficient (Wildman–Crippen LogP) is 2.73. The monoisotopic (exact) mass is 109 g/mol. The molecule has 0 aromatic heterocycles. The summed E-state index contributed by atoms with van der Waals surface area (Å²) in [6, 6.07) is 0. The Balaban J connectivity index is 2.91. The smallest absolute Gasteiger partial charge is 0.0345 e. The molecule has 1 radical (unpaired) electrons. The molecule has 0 unspecified atom stereocenters. The number of rotatable bonds is 4. The van der Waals surface area contributed by atoms with E-state index in [0.717, 1.165) is 6.42 Å². The fourth-order valence-corrected chi connectivity index (χ4v) is 0.455. The zero-order valence-electron chi connectivity index (χ0n) is 5.43. The standard InChI is InChI=1S/C8H13/c1-3-5-7-8-6-4-2/h3-5,7H,1,6,8H2,2H3. The van der Waals surface area contributed by atoms with Gasteiger partial charge >= 0.3 is 0 Å². The lowest BCUT2D eigenvalue weighted by molar-refractivity contribution is 0.973. The number of allylic oxidation sites excluding steroid dienone is 3. The first-order valence-corrected chi connectivity index (χ1v) is 2.97. The molecule has 0 N–H and O–H groups in total. The Labute approximate surface area is 51.9 Å². The molecule has 45 valence electrons. The van der Waals surface area contributed by atoms with E-state index < -0.39 is 0 Å². The molecule has 0 saturated heterocycles. The SMILES string of the molecule is C=CC=CCC[CH]C. The molecule has 8 heavy (non-hydrogen) atoms. The summed E-state index contributed by atoms with van der Waals surface area (Å²) in [4.78, 5) is 0. The van der Waals surface area contributed by atoms with Gasteiger partial charge in [-0.05, 0) is 19.3 Å². The Morgan fingerprint density at radius 2 is 2.12 bits per heavy atom. The summed E-state index contributed by atoms with van der Waals surface area (Å²) >= 11 is 0. The highest BCUT2D eigenvalue weighted by atomic mass is 13.8. The number of hydrogen-bond acceptors (Lipinski definition) is 0. The molecule has 0 spiro atoms. The van der Waals surface area contributed by atoms with Crippen LogP contribution in [0.2, 0.25) is 0 Å². The van der Waals surface area contributed by atoms with Gasteiger partial charge in [-0.15, -0.1) is 0 Å². The fourth-order valence-electron chi connectivity index (χ4n) is 0.455. The quantitative estimate of drug-likeness (QED) is 0.384. The van der Waals surface area contributed by atoms with Crippen LogP contribution in [-0.2, 0) is 0 Å². The molecular formula is C8H13. The normalized spacial score (nSPS) is 10.1. The average Bonchev–Trinajstić information content (AvgIpc) is 1.81. The second kappa shape index (κ2) is 6.48. The molecule has 0 heterocycles. The van der Waals surface area contributed by atoms with Gasteiger partial charge in [0.1, 0.15) is 0 Å². The Bertz CT molecular complexity index is 70.1. The van der Waals surface area contributed by atoms with Gasteiger partial charge in [-0.3, -0.25) is 0 Å². The zero-order valence-corrected chi connectivity index (χ0v) is 5.43. The summed E-state index contributed by atoms with van der Waals surface area (Å²) < 4.78 is 0. The van der Waals surface area contributed by atoms with Crippen molar-refractivity contribution in [3.63, 3.8) is 0 Å². The fraction of sp³-hybridized carbons (Fsp3) is 0.375. The van der Waals surface area contributed by atoms with Gasteiger partial charge < -0.3 is 0 Å². The van der Waals surface area contributed by atoms with Crippen LogP contribution in [0.15, 0.2) is 24.8 Å². The van der Waals surface area contributed by atoms with Gasteiger partial charge in [-0.2, -0.15) is 0 Å². The summed E-state index contributed by atoms with van der Waals surface area (Å²) in [6.07, 6.45) is 10.4. The maximum absolute atomic E-state index is 3.56. The molecule has 0 saturated carbocycles. The van der Waals surface area contributed by atoms with Crippen LogP contribution in [0.3, 0.4) is 0 Å². The van der Waals surface area contributed by atoms with Gasteiger partial charge in [-0.1, -0.05) is 31.7 Å². The Morgan fingerprint density at radius 3 is 2.62 bits per heavy atom. The molecule has 0 aliphatic rings. The van der Waals surface area contributed by atoms with Crippen molar-refractivity contribution in [1.29, 1.82) is 0 Å². The first-order chi connectivity index (χ1) is 3.91. The van der Waals surface area contributed by atoms with Gasteiger partial charge in [0.25, 0.3) is 0 Å². The Hall–Kier alpha value is -0.520. The molecule has 0 aromatic rings. The highest BCUT2D eigenvalue weighted by Crippen LogP contribution is 1.92. The molecule has 0 aliphatic carbocycles. The van der Waals surface area contributed by atoms with Crippen LogP contribution in [0.4, 0.5) is 0 Å². The molecule has 0 aliphatic heterocycles. The predicted molar refractivity (Wildman–Crippen MR) is 38.5 cm³/mol. The van der Waals surface area contributed by atoms with Crippen molar-refractivity contribution in [3.05, 3.63) is 31.2 Å². The van der Waals surface area contributed by atoms with Gasteiger partial charge in [0.15, 0.2) is 0 Å². The lowest BCUT2D eigenvalue weighted by atomic mass is 10.2. The van der Waals surface area contributed by atoms with Gasteiger partial charge in [0.05, 0.1) is 0 Å². The highest BCUT2D eigenvalue weighted by Gasteiger charge is 1.74. The van der Waals surface area contributed by atoms with Crippen molar-refractivity contribution in [2.45, 2.75) is 19.8 Å². The van der Waals surface area contributed by atoms with E-state index in [1.54, 1.807) is 6.08 Å². The topological polar surface area (TPSA) is 0 Å². The third kappa shape index (κ3) is 5.48. The molecule has 0 amide bonds. The van der Waals surface area contributed by atoms with E-state index in [2.05, 4.69) is 26.0 Å². The van der Waals surface area contributed by atoms with Crippen LogP contribution < -0.4 is 0 Å². The molecule has 0 aromatic carbocycles. The third-order valence-corrected chi connectivity index (χ3v) is 0.894. The van der Waals surface area contributed by atoms with Crippen LogP contribution in [0.1, 0.15) is 19.8 Å². The maximum Gasteiger partial charge on any atom is -0.0345 e. The summed E-state index contributed by atoms with van der Waals surface area (Å²) in [5.74, 6) is 0. The minimum Gasteiger partial charge on any atom is -0.0991 e. The lowest BCUT2D eigenvalue weighted by Crippen LogP contribution is -1.65. The van der Waals surface area contributed by atoms with E-state index >= 15 is 0 Å². The van der Waals surface area contributed by atoms with E-state index in [9.17, 15) is 0 Å². The molecule has 0 fully saturated rings. The Kier molecular flexibility index (Phi) is 6.06. The summed E-state index contributed by atoms with van der Waals surface area (Å²) in [5, 5.41) is 0. The van der Waals surface area contributed by atoms with Gasteiger partial charge in [-0.25, -0.2) is 0 Å². The number of unbranched alkanes of at least 4 members (excludes halogenated alkanes) is 2. The maximum atomic E-state index is 3.56. The summed E-state index contributed by atoms with van der Waals surface area (Å²) in [7, 11) is 0. The van der Waals surface area contributed by atoms with E-state index in [0.29, 0.717) is 0 Å². The van der Waals surface area contributed by atoms with Crippen molar-refractivity contribution >= 4 is 0 Å². The summed E-state index contributed by atoms with van der Waals surface area (Å²) in [5.41, 5.74) is 0. The van der Waals surface area contributed by atoms with Gasteiger partial charge in [0.2, 0.25) is 0 Å². The first kappa shape index (κ1) is 7.48. The van der Waals surface area contributed by atoms with E-state index in [1.807, 2.05) is 6.08 Å². The van der Waals surface area contributed by atoms with Crippen molar-refractivity contribution < 1.29 is 0 Å². The van der Waals surface area contributed by atoms with Crippen molar-refractivity contribution in [2.75, 3.05) is 0 Å². The minimum absolute atomic E-state index is 1.14. The average molecular weight is 109 g/mol. The van der Waals surface area contributed by atoms with E-state index in [4.69, 9.17) is 0 Å². The van der Waals surface area contributed by atoms with Crippen molar-refractivity contribution in [2.24, 2.45) is 0 Å². The molecule has 0 atom stereocenters. The number of hydrogen-bond donors (Lipinski definition) is 0. The van der Waals surface area contributed by atoms with Crippen molar-refractivity contribution in [3.8, 4) is 0 Å². The molecule has 0 heteroatoms.